The molecule has 3 aromatic rings. The lowest BCUT2D eigenvalue weighted by Crippen LogP contribution is -2.27. The lowest BCUT2D eigenvalue weighted by Gasteiger charge is -2.19. The van der Waals surface area contributed by atoms with Gasteiger partial charge in [-0.25, -0.2) is 0 Å². The molecule has 0 heterocycles. The van der Waals surface area contributed by atoms with Crippen LogP contribution in [-0.2, 0) is 0 Å². The fraction of sp³-hybridized carbons (Fsp3) is 0.389. The summed E-state index contributed by atoms with van der Waals surface area (Å²) in [7, 11) is 2.01. The highest BCUT2D eigenvalue weighted by Gasteiger charge is 2.15. The van der Waals surface area contributed by atoms with Gasteiger partial charge < -0.3 is 24.6 Å². The van der Waals surface area contributed by atoms with Crippen LogP contribution in [0.3, 0.4) is 0 Å². The van der Waals surface area contributed by atoms with Gasteiger partial charge in [-0.1, -0.05) is 68.4 Å². The van der Waals surface area contributed by atoms with Crippen LogP contribution in [0.5, 0.6) is 11.5 Å². The van der Waals surface area contributed by atoms with Gasteiger partial charge in [-0.15, -0.1) is 0 Å². The van der Waals surface area contributed by atoms with Crippen molar-refractivity contribution in [3.8, 4) is 11.5 Å². The zero-order chi connectivity index (χ0) is 29.3. The molecule has 0 saturated carbocycles. The first-order valence-electron chi connectivity index (χ1n) is 15.2. The van der Waals surface area contributed by atoms with E-state index in [2.05, 4.69) is 116 Å². The van der Waals surface area contributed by atoms with E-state index in [-0.39, 0.29) is 0 Å². The van der Waals surface area contributed by atoms with E-state index in [1.54, 1.807) is 6.26 Å². The van der Waals surface area contributed by atoms with Crippen LogP contribution in [0.2, 0.25) is 0 Å². The number of likely N-dealkylation sites (N-methyl/N-ethyl adjacent to an activating group) is 1. The fourth-order valence-electron chi connectivity index (χ4n) is 4.91. The summed E-state index contributed by atoms with van der Waals surface area (Å²) in [4.78, 5) is 4.58. The van der Waals surface area contributed by atoms with Gasteiger partial charge in [-0.2, -0.15) is 0 Å². The molecule has 0 atom stereocenters. The second kappa shape index (κ2) is 18.0. The van der Waals surface area contributed by atoms with Gasteiger partial charge in [-0.05, 0) is 105 Å². The largest absolute Gasteiger partial charge is 0.492 e. The maximum absolute atomic E-state index is 6.10. The SMILES string of the molecule is CCN(C=COc1cccc(C(CCCN[11CH3])=C(c2ccccc2)c2ccc(OCCN(CC)CC)cc2)c1)CC. The molecule has 220 valence electrons. The Morgan fingerprint density at radius 2 is 1.44 bits per heavy atom. The first-order valence-corrected chi connectivity index (χ1v) is 15.2. The third-order valence-corrected chi connectivity index (χ3v) is 7.40. The molecule has 3 rings (SSSR count). The molecule has 0 aliphatic carbocycles. The molecular formula is C36H49N3O2. The summed E-state index contributed by atoms with van der Waals surface area (Å²) < 4.78 is 12.2. The van der Waals surface area contributed by atoms with E-state index in [1.165, 1.54) is 27.8 Å². The zero-order valence-corrected chi connectivity index (χ0v) is 25.7. The summed E-state index contributed by atoms with van der Waals surface area (Å²) in [5.74, 6) is 1.74. The molecule has 0 aromatic heterocycles. The normalized spacial score (nSPS) is 12.0. The van der Waals surface area contributed by atoms with Crippen molar-refractivity contribution in [2.24, 2.45) is 0 Å². The maximum Gasteiger partial charge on any atom is 0.127 e. The van der Waals surface area contributed by atoms with Crippen LogP contribution < -0.4 is 14.8 Å². The van der Waals surface area contributed by atoms with Gasteiger partial charge in [0.05, 0.1) is 0 Å². The summed E-state index contributed by atoms with van der Waals surface area (Å²) in [6, 6.07) is 27.8. The minimum absolute atomic E-state index is 0.688. The van der Waals surface area contributed by atoms with Crippen molar-refractivity contribution in [2.45, 2.75) is 40.5 Å². The molecule has 0 unspecified atom stereocenters. The van der Waals surface area contributed by atoms with E-state index in [4.69, 9.17) is 9.47 Å². The second-order valence-electron chi connectivity index (χ2n) is 9.98. The monoisotopic (exact) mass is 554 g/mol. The minimum Gasteiger partial charge on any atom is -0.492 e. The molecule has 0 fully saturated rings. The molecule has 0 bridgehead atoms. The minimum atomic E-state index is 0.688. The molecule has 0 aliphatic heterocycles. The van der Waals surface area contributed by atoms with Gasteiger partial charge in [0.1, 0.15) is 24.4 Å². The van der Waals surface area contributed by atoms with Crippen LogP contribution in [0.25, 0.3) is 11.1 Å². The van der Waals surface area contributed by atoms with Gasteiger partial charge >= 0.3 is 0 Å². The molecule has 3 aromatic carbocycles. The number of rotatable bonds is 18. The Bertz CT molecular complexity index is 1200. The molecule has 0 saturated heterocycles. The highest BCUT2D eigenvalue weighted by Crippen LogP contribution is 2.36. The van der Waals surface area contributed by atoms with Gasteiger partial charge in [0, 0.05) is 25.8 Å². The van der Waals surface area contributed by atoms with Gasteiger partial charge in [0.25, 0.3) is 0 Å². The van der Waals surface area contributed by atoms with E-state index in [0.29, 0.717) is 6.61 Å². The number of nitrogens with one attached hydrogen (secondary N) is 1. The standard InChI is InChI=1S/C36H49N3O2/c1-6-38(7-2)25-27-40-33-22-20-31(21-23-33)36(30-15-11-10-12-16-30)35(19-14-24-37-5)32-17-13-18-34(29-32)41-28-26-39(8-3)9-4/h10-13,15-18,20-23,26,28-29,37H,6-9,14,19,24-25,27H2,1-5H3/i5-1. The van der Waals surface area contributed by atoms with Crippen molar-refractivity contribution in [2.75, 3.05) is 52.9 Å². The van der Waals surface area contributed by atoms with Gasteiger partial charge in [-0.3, -0.25) is 0 Å². The molecular weight excluding hydrogens is 505 g/mol. The highest BCUT2D eigenvalue weighted by molar-refractivity contribution is 5.98. The predicted molar refractivity (Wildman–Crippen MR) is 174 cm³/mol. The molecule has 5 nitrogen and oxygen atoms in total. The first kappa shape index (κ1) is 32.0. The lowest BCUT2D eigenvalue weighted by atomic mass is 9.87. The quantitative estimate of drug-likeness (QED) is 0.0998. The van der Waals surface area contributed by atoms with Crippen molar-refractivity contribution in [1.82, 2.24) is 15.1 Å². The molecule has 0 radical (unpaired) electrons. The third-order valence-electron chi connectivity index (χ3n) is 7.40. The number of nitrogens with zero attached hydrogens (tertiary/aromatic N) is 2. The maximum atomic E-state index is 6.10. The van der Waals surface area contributed by atoms with Crippen molar-refractivity contribution in [3.63, 3.8) is 0 Å². The molecule has 0 amide bonds. The topological polar surface area (TPSA) is 37.0 Å². The zero-order valence-electron chi connectivity index (χ0n) is 25.7. The summed E-state index contributed by atoms with van der Waals surface area (Å²) in [5, 5.41) is 3.32. The van der Waals surface area contributed by atoms with Crippen molar-refractivity contribution < 1.29 is 9.47 Å². The van der Waals surface area contributed by atoms with E-state index in [1.807, 2.05) is 19.3 Å². The van der Waals surface area contributed by atoms with Crippen molar-refractivity contribution in [1.29, 1.82) is 0 Å². The number of ether oxygens (including phenoxy) is 2. The molecule has 1 N–H and O–H groups in total. The van der Waals surface area contributed by atoms with Crippen molar-refractivity contribution in [3.05, 3.63) is 108 Å². The lowest BCUT2D eigenvalue weighted by molar-refractivity contribution is 0.223. The summed E-state index contributed by atoms with van der Waals surface area (Å²) >= 11 is 0. The van der Waals surface area contributed by atoms with E-state index in [9.17, 15) is 0 Å². The smallest absolute Gasteiger partial charge is 0.127 e. The fourth-order valence-corrected chi connectivity index (χ4v) is 4.91. The molecule has 5 heteroatoms. The van der Waals surface area contributed by atoms with Crippen LogP contribution in [-0.4, -0.2) is 62.7 Å². The van der Waals surface area contributed by atoms with E-state index in [0.717, 1.165) is 63.6 Å². The number of allylic oxidation sites excluding steroid dienone is 1. The Hall–Kier alpha value is -3.54. The Morgan fingerprint density at radius 3 is 2.10 bits per heavy atom. The number of benzene rings is 3. The van der Waals surface area contributed by atoms with Crippen LogP contribution in [0.4, 0.5) is 0 Å². The average molecular weight is 555 g/mol. The summed E-state index contributed by atoms with van der Waals surface area (Å²) in [6.07, 6.45) is 5.76. The van der Waals surface area contributed by atoms with Crippen LogP contribution >= 0.6 is 0 Å². The second-order valence-corrected chi connectivity index (χ2v) is 9.98. The van der Waals surface area contributed by atoms with Crippen LogP contribution in [0, 0.1) is 0 Å². The Labute approximate surface area is 248 Å². The van der Waals surface area contributed by atoms with Gasteiger partial charge in [0.2, 0.25) is 0 Å². The molecule has 0 aliphatic rings. The van der Waals surface area contributed by atoms with E-state index < -0.39 is 0 Å². The Kier molecular flexibility index (Phi) is 14.0. The van der Waals surface area contributed by atoms with Gasteiger partial charge in [0.15, 0.2) is 0 Å². The van der Waals surface area contributed by atoms with Crippen molar-refractivity contribution >= 4 is 11.1 Å². The Morgan fingerprint density at radius 1 is 0.756 bits per heavy atom. The Balaban J connectivity index is 1.99. The number of hydrogen-bond acceptors (Lipinski definition) is 5. The van der Waals surface area contributed by atoms with Crippen LogP contribution in [0.15, 0.2) is 91.3 Å². The summed E-state index contributed by atoms with van der Waals surface area (Å²) in [6.45, 7) is 15.2. The third kappa shape index (κ3) is 10.1. The number of hydrogen-bond donors (Lipinski definition) is 1. The van der Waals surface area contributed by atoms with Crippen LogP contribution in [0.1, 0.15) is 57.2 Å². The highest BCUT2D eigenvalue weighted by atomic mass is 16.5. The van der Waals surface area contributed by atoms with E-state index >= 15 is 0 Å². The average Bonchev–Trinajstić information content (AvgIpc) is 3.02. The molecule has 0 spiro atoms. The predicted octanol–water partition coefficient (Wildman–Crippen LogP) is 7.56. The first-order chi connectivity index (χ1) is 20.1. The summed E-state index contributed by atoms with van der Waals surface area (Å²) in [5.41, 5.74) is 6.11. The molecule has 41 heavy (non-hydrogen) atoms.